The number of hydrogen-bond donors (Lipinski definition) is 2. The molecule has 3 fully saturated rings. The van der Waals surface area contributed by atoms with Crippen LogP contribution in [-0.2, 0) is 10.0 Å². The second-order valence-electron chi connectivity index (χ2n) is 5.33. The number of fused-ring (bicyclic) bond motifs is 2. The molecule has 0 radical (unpaired) electrons. The smallest absolute Gasteiger partial charge is 0.212 e. The van der Waals surface area contributed by atoms with Crippen LogP contribution in [0.25, 0.3) is 0 Å². The standard InChI is InChI=1S/C10H19N3O2S/c11-16(14,15)10-3-7-1-2-8(4-10)13(7)9-5-12-6-9/h7-10,12H,1-6H2,(H2,11,14,15)/t7-,8+,10?. The Morgan fingerprint density at radius 1 is 1.06 bits per heavy atom. The fourth-order valence-corrected chi connectivity index (χ4v) is 4.49. The summed E-state index contributed by atoms with van der Waals surface area (Å²) in [7, 11) is -3.33. The lowest BCUT2D eigenvalue weighted by atomic mass is 9.97. The molecule has 6 heteroatoms. The largest absolute Gasteiger partial charge is 0.314 e. The molecule has 1 unspecified atom stereocenters. The van der Waals surface area contributed by atoms with Crippen LogP contribution in [0.4, 0.5) is 0 Å². The Morgan fingerprint density at radius 3 is 2.00 bits per heavy atom. The molecule has 92 valence electrons. The van der Waals surface area contributed by atoms with Crippen molar-refractivity contribution in [3.05, 3.63) is 0 Å². The Hall–Kier alpha value is -0.170. The van der Waals surface area contributed by atoms with E-state index in [1.54, 1.807) is 0 Å². The Bertz CT molecular complexity index is 366. The van der Waals surface area contributed by atoms with Gasteiger partial charge in [-0.3, -0.25) is 4.90 Å². The van der Waals surface area contributed by atoms with Crippen LogP contribution in [-0.4, -0.2) is 49.8 Å². The monoisotopic (exact) mass is 245 g/mol. The maximum Gasteiger partial charge on any atom is 0.212 e. The molecule has 16 heavy (non-hydrogen) atoms. The first kappa shape index (κ1) is 11.0. The van der Waals surface area contributed by atoms with E-state index in [0.29, 0.717) is 18.1 Å². The van der Waals surface area contributed by atoms with Crippen molar-refractivity contribution in [2.45, 2.75) is 49.1 Å². The van der Waals surface area contributed by atoms with Gasteiger partial charge in [-0.05, 0) is 25.7 Å². The van der Waals surface area contributed by atoms with Gasteiger partial charge in [0.1, 0.15) is 0 Å². The summed E-state index contributed by atoms with van der Waals surface area (Å²) in [5.74, 6) is 0. The summed E-state index contributed by atoms with van der Waals surface area (Å²) < 4.78 is 22.8. The number of rotatable bonds is 2. The minimum atomic E-state index is -3.33. The predicted octanol–water partition coefficient (Wildman–Crippen LogP) is -0.758. The van der Waals surface area contributed by atoms with Crippen molar-refractivity contribution >= 4 is 10.0 Å². The van der Waals surface area contributed by atoms with Crippen LogP contribution in [0.1, 0.15) is 25.7 Å². The third-order valence-corrected chi connectivity index (χ3v) is 5.71. The van der Waals surface area contributed by atoms with Crippen molar-refractivity contribution in [2.75, 3.05) is 13.1 Å². The van der Waals surface area contributed by atoms with Crippen molar-refractivity contribution in [1.29, 1.82) is 0 Å². The van der Waals surface area contributed by atoms with E-state index in [2.05, 4.69) is 10.2 Å². The lowest BCUT2D eigenvalue weighted by Gasteiger charge is -2.46. The summed E-state index contributed by atoms with van der Waals surface area (Å²) >= 11 is 0. The van der Waals surface area contributed by atoms with Gasteiger partial charge in [-0.15, -0.1) is 0 Å². The molecule has 3 aliphatic heterocycles. The summed E-state index contributed by atoms with van der Waals surface area (Å²) in [5, 5.41) is 8.26. The zero-order chi connectivity index (χ0) is 11.3. The highest BCUT2D eigenvalue weighted by atomic mass is 32.2. The molecule has 3 aliphatic rings. The normalized spacial score (nSPS) is 40.9. The number of piperidine rings is 1. The zero-order valence-electron chi connectivity index (χ0n) is 9.30. The van der Waals surface area contributed by atoms with Crippen LogP contribution in [0.3, 0.4) is 0 Å². The molecule has 0 spiro atoms. The fourth-order valence-electron chi connectivity index (χ4n) is 3.51. The fraction of sp³-hybridized carbons (Fsp3) is 1.00. The zero-order valence-corrected chi connectivity index (χ0v) is 10.1. The number of primary sulfonamides is 1. The molecule has 0 amide bonds. The van der Waals surface area contributed by atoms with Gasteiger partial charge in [0.15, 0.2) is 0 Å². The minimum absolute atomic E-state index is 0.297. The first-order chi connectivity index (χ1) is 7.55. The quantitative estimate of drug-likeness (QED) is 0.671. The highest BCUT2D eigenvalue weighted by molar-refractivity contribution is 7.89. The van der Waals surface area contributed by atoms with Crippen molar-refractivity contribution < 1.29 is 8.42 Å². The molecule has 0 aliphatic carbocycles. The van der Waals surface area contributed by atoms with Crippen LogP contribution >= 0.6 is 0 Å². The maximum absolute atomic E-state index is 11.4. The van der Waals surface area contributed by atoms with E-state index in [9.17, 15) is 8.42 Å². The van der Waals surface area contributed by atoms with Gasteiger partial charge in [-0.1, -0.05) is 0 Å². The molecule has 3 atom stereocenters. The lowest BCUT2D eigenvalue weighted by molar-refractivity contribution is 0.0592. The number of nitrogens with two attached hydrogens (primary N) is 1. The van der Waals surface area contributed by atoms with E-state index in [0.717, 1.165) is 38.8 Å². The molecule has 0 aromatic rings. The van der Waals surface area contributed by atoms with Gasteiger partial charge in [0.2, 0.25) is 10.0 Å². The molecular formula is C10H19N3O2S. The van der Waals surface area contributed by atoms with Crippen molar-refractivity contribution in [1.82, 2.24) is 10.2 Å². The van der Waals surface area contributed by atoms with Gasteiger partial charge >= 0.3 is 0 Å². The average Bonchev–Trinajstić information content (AvgIpc) is 2.39. The van der Waals surface area contributed by atoms with Crippen molar-refractivity contribution in [3.8, 4) is 0 Å². The van der Waals surface area contributed by atoms with Gasteiger partial charge in [0.25, 0.3) is 0 Å². The molecule has 0 aromatic carbocycles. The van der Waals surface area contributed by atoms with Gasteiger partial charge in [0.05, 0.1) is 5.25 Å². The number of nitrogens with zero attached hydrogens (tertiary/aromatic N) is 1. The van der Waals surface area contributed by atoms with Crippen LogP contribution in [0.15, 0.2) is 0 Å². The molecule has 3 rings (SSSR count). The minimum Gasteiger partial charge on any atom is -0.314 e. The van der Waals surface area contributed by atoms with Crippen LogP contribution in [0, 0.1) is 0 Å². The molecule has 2 bridgehead atoms. The van der Waals surface area contributed by atoms with E-state index in [4.69, 9.17) is 5.14 Å². The molecule has 0 aromatic heterocycles. The first-order valence-electron chi connectivity index (χ1n) is 6.05. The summed E-state index contributed by atoms with van der Waals surface area (Å²) in [4.78, 5) is 2.55. The van der Waals surface area contributed by atoms with Crippen LogP contribution in [0.5, 0.6) is 0 Å². The van der Waals surface area contributed by atoms with Gasteiger partial charge in [-0.25, -0.2) is 13.6 Å². The van der Waals surface area contributed by atoms with E-state index in [-0.39, 0.29) is 5.25 Å². The van der Waals surface area contributed by atoms with Crippen LogP contribution in [0.2, 0.25) is 0 Å². The lowest BCUT2D eigenvalue weighted by Crippen LogP contribution is -2.63. The number of sulfonamides is 1. The maximum atomic E-state index is 11.4. The Labute approximate surface area is 96.4 Å². The highest BCUT2D eigenvalue weighted by Gasteiger charge is 2.47. The Balaban J connectivity index is 1.76. The summed E-state index contributed by atoms with van der Waals surface area (Å²) in [6.07, 6.45) is 3.78. The molecule has 0 saturated carbocycles. The second-order valence-corrected chi connectivity index (χ2v) is 7.17. The summed E-state index contributed by atoms with van der Waals surface area (Å²) in [5.41, 5.74) is 0. The average molecular weight is 245 g/mol. The molecule has 5 nitrogen and oxygen atoms in total. The van der Waals surface area contributed by atoms with Crippen molar-refractivity contribution in [2.24, 2.45) is 5.14 Å². The van der Waals surface area contributed by atoms with Gasteiger partial charge in [-0.2, -0.15) is 0 Å². The number of nitrogens with one attached hydrogen (secondary N) is 1. The summed E-state index contributed by atoms with van der Waals surface area (Å²) in [6, 6.07) is 1.54. The molecular weight excluding hydrogens is 226 g/mol. The topological polar surface area (TPSA) is 75.4 Å². The van der Waals surface area contributed by atoms with Gasteiger partial charge < -0.3 is 5.32 Å². The number of hydrogen-bond acceptors (Lipinski definition) is 4. The van der Waals surface area contributed by atoms with Gasteiger partial charge in [0, 0.05) is 31.2 Å². The Kier molecular flexibility index (Phi) is 2.51. The first-order valence-corrected chi connectivity index (χ1v) is 7.66. The SMILES string of the molecule is NS(=O)(=O)C1C[C@H]2CC[C@@H](C1)N2C1CNC1. The van der Waals surface area contributed by atoms with Crippen molar-refractivity contribution in [3.63, 3.8) is 0 Å². The second kappa shape index (κ2) is 3.66. The molecule has 3 heterocycles. The van der Waals surface area contributed by atoms with E-state index >= 15 is 0 Å². The van der Waals surface area contributed by atoms with E-state index in [1.807, 2.05) is 0 Å². The third-order valence-electron chi connectivity index (χ3n) is 4.39. The summed E-state index contributed by atoms with van der Waals surface area (Å²) in [6.45, 7) is 2.13. The highest BCUT2D eigenvalue weighted by Crippen LogP contribution is 2.39. The molecule has 3 saturated heterocycles. The Morgan fingerprint density at radius 2 is 1.62 bits per heavy atom. The molecule has 3 N–H and O–H groups in total. The van der Waals surface area contributed by atoms with E-state index in [1.165, 1.54) is 0 Å². The third kappa shape index (κ3) is 1.68. The van der Waals surface area contributed by atoms with Crippen LogP contribution < -0.4 is 10.5 Å². The van der Waals surface area contributed by atoms with E-state index < -0.39 is 10.0 Å². The predicted molar refractivity (Wildman–Crippen MR) is 61.4 cm³/mol.